The molecule has 0 aliphatic rings. The Morgan fingerprint density at radius 3 is 2.70 bits per heavy atom. The van der Waals surface area contributed by atoms with Crippen LogP contribution in [-0.4, -0.2) is 34.1 Å². The predicted molar refractivity (Wildman–Crippen MR) is 78.2 cm³/mol. The van der Waals surface area contributed by atoms with Crippen LogP contribution in [0.25, 0.3) is 0 Å². The number of anilines is 1. The number of hydrogen-bond acceptors (Lipinski definition) is 6. The molecule has 1 aromatic carbocycles. The zero-order valence-corrected chi connectivity index (χ0v) is 11.9. The summed E-state index contributed by atoms with van der Waals surface area (Å²) in [4.78, 5) is 12.7. The van der Waals surface area contributed by atoms with Crippen molar-refractivity contribution < 1.29 is 10.0 Å². The first-order chi connectivity index (χ1) is 9.49. The third-order valence-corrected chi connectivity index (χ3v) is 3.13. The average molecular weight is 282 g/mol. The van der Waals surface area contributed by atoms with E-state index < -0.39 is 4.92 Å². The van der Waals surface area contributed by atoms with Crippen LogP contribution in [0.15, 0.2) is 18.2 Å². The Hall–Kier alpha value is -1.70. The van der Waals surface area contributed by atoms with Gasteiger partial charge in [0.15, 0.2) is 0 Å². The van der Waals surface area contributed by atoms with Crippen molar-refractivity contribution in [2.45, 2.75) is 32.9 Å². The number of nitrogens with zero attached hydrogens (tertiary/aromatic N) is 2. The van der Waals surface area contributed by atoms with Crippen molar-refractivity contribution in [3.8, 4) is 0 Å². The van der Waals surface area contributed by atoms with Gasteiger partial charge in [-0.15, -0.1) is 0 Å². The maximum absolute atomic E-state index is 11.0. The van der Waals surface area contributed by atoms with Crippen molar-refractivity contribution in [3.05, 3.63) is 33.9 Å². The van der Waals surface area contributed by atoms with E-state index >= 15 is 0 Å². The number of nitro groups is 1. The smallest absolute Gasteiger partial charge is 0.293 e. The van der Waals surface area contributed by atoms with Crippen molar-refractivity contribution >= 4 is 11.4 Å². The Balaban J connectivity index is 2.90. The van der Waals surface area contributed by atoms with Crippen LogP contribution >= 0.6 is 0 Å². The van der Waals surface area contributed by atoms with Gasteiger partial charge in [0.2, 0.25) is 0 Å². The fraction of sp³-hybridized carbons (Fsp3) is 0.538. The lowest BCUT2D eigenvalue weighted by atomic mass is 10.1. The molecule has 0 spiro atoms. The Bertz CT molecular complexity index is 451. The molecule has 1 rings (SSSR count). The van der Waals surface area contributed by atoms with E-state index in [-0.39, 0.29) is 12.3 Å². The van der Waals surface area contributed by atoms with Crippen LogP contribution < -0.4 is 11.3 Å². The van der Waals surface area contributed by atoms with Gasteiger partial charge in [-0.1, -0.05) is 6.07 Å². The van der Waals surface area contributed by atoms with E-state index in [1.165, 1.54) is 6.07 Å². The van der Waals surface area contributed by atoms with Crippen molar-refractivity contribution in [1.82, 2.24) is 4.90 Å². The Kier molecular flexibility index (Phi) is 6.37. The van der Waals surface area contributed by atoms with Crippen molar-refractivity contribution in [2.75, 3.05) is 18.6 Å². The standard InChI is InChI=1S/C13H22N4O3/c1-10(2)16(6-3-7-18)9-11-4-5-12(15-14)13(8-11)17(19)20/h4-5,8,10,15,18H,3,6-7,9,14H2,1-2H3. The molecule has 0 unspecified atom stereocenters. The van der Waals surface area contributed by atoms with Gasteiger partial charge in [0, 0.05) is 31.8 Å². The first kappa shape index (κ1) is 16.4. The molecule has 0 radical (unpaired) electrons. The zero-order chi connectivity index (χ0) is 15.1. The van der Waals surface area contributed by atoms with Gasteiger partial charge in [-0.3, -0.25) is 20.9 Å². The number of nitrogens with two attached hydrogens (primary N) is 1. The lowest BCUT2D eigenvalue weighted by Gasteiger charge is -2.26. The molecule has 112 valence electrons. The average Bonchev–Trinajstić information content (AvgIpc) is 2.42. The van der Waals surface area contributed by atoms with Gasteiger partial charge in [-0.2, -0.15) is 0 Å². The quantitative estimate of drug-likeness (QED) is 0.379. The predicted octanol–water partition coefficient (Wildman–Crippen LogP) is 1.47. The Morgan fingerprint density at radius 2 is 2.20 bits per heavy atom. The van der Waals surface area contributed by atoms with Gasteiger partial charge in [0.25, 0.3) is 5.69 Å². The monoisotopic (exact) mass is 282 g/mol. The van der Waals surface area contributed by atoms with Crippen LogP contribution in [0.3, 0.4) is 0 Å². The summed E-state index contributed by atoms with van der Waals surface area (Å²) in [5, 5.41) is 19.9. The van der Waals surface area contributed by atoms with Crippen molar-refractivity contribution in [2.24, 2.45) is 5.84 Å². The molecule has 0 bridgehead atoms. The summed E-state index contributed by atoms with van der Waals surface area (Å²) in [5.74, 6) is 5.26. The molecule has 0 aliphatic heterocycles. The molecule has 0 amide bonds. The third kappa shape index (κ3) is 4.44. The molecule has 7 nitrogen and oxygen atoms in total. The van der Waals surface area contributed by atoms with Crippen LogP contribution in [0, 0.1) is 10.1 Å². The second kappa shape index (κ2) is 7.78. The highest BCUT2D eigenvalue weighted by Gasteiger charge is 2.16. The highest BCUT2D eigenvalue weighted by atomic mass is 16.6. The molecule has 0 fully saturated rings. The number of hydrazine groups is 1. The van der Waals surface area contributed by atoms with Crippen LogP contribution in [-0.2, 0) is 6.54 Å². The molecular weight excluding hydrogens is 260 g/mol. The van der Waals surface area contributed by atoms with E-state index in [0.717, 1.165) is 12.1 Å². The molecule has 0 saturated carbocycles. The molecule has 0 atom stereocenters. The highest BCUT2D eigenvalue weighted by Crippen LogP contribution is 2.25. The summed E-state index contributed by atoms with van der Waals surface area (Å²) in [6.07, 6.45) is 0.683. The van der Waals surface area contributed by atoms with Crippen LogP contribution in [0.5, 0.6) is 0 Å². The fourth-order valence-corrected chi connectivity index (χ4v) is 1.98. The number of hydrogen-bond donors (Lipinski definition) is 3. The minimum Gasteiger partial charge on any atom is -0.396 e. The molecule has 0 saturated heterocycles. The van der Waals surface area contributed by atoms with E-state index in [2.05, 4.69) is 24.2 Å². The maximum atomic E-state index is 11.0. The van der Waals surface area contributed by atoms with Crippen molar-refractivity contribution in [1.29, 1.82) is 0 Å². The zero-order valence-electron chi connectivity index (χ0n) is 11.9. The van der Waals surface area contributed by atoms with E-state index in [1.807, 2.05) is 6.07 Å². The minimum absolute atomic E-state index is 0.0316. The van der Waals surface area contributed by atoms with E-state index in [1.54, 1.807) is 6.07 Å². The molecule has 1 aromatic rings. The van der Waals surface area contributed by atoms with Gasteiger partial charge in [0.05, 0.1) is 4.92 Å². The van der Waals surface area contributed by atoms with Crippen LogP contribution in [0.4, 0.5) is 11.4 Å². The fourth-order valence-electron chi connectivity index (χ4n) is 1.98. The SMILES string of the molecule is CC(C)N(CCCO)Cc1ccc(NN)c([N+](=O)[O-])c1. The lowest BCUT2D eigenvalue weighted by Crippen LogP contribution is -2.31. The lowest BCUT2D eigenvalue weighted by molar-refractivity contribution is -0.384. The molecule has 0 aromatic heterocycles. The van der Waals surface area contributed by atoms with E-state index in [4.69, 9.17) is 10.9 Å². The second-order valence-corrected chi connectivity index (χ2v) is 4.89. The summed E-state index contributed by atoms with van der Waals surface area (Å²) in [6.45, 7) is 5.60. The molecule has 0 heterocycles. The molecule has 20 heavy (non-hydrogen) atoms. The number of nitrogen functional groups attached to an aromatic ring is 1. The van der Waals surface area contributed by atoms with Crippen molar-refractivity contribution in [3.63, 3.8) is 0 Å². The summed E-state index contributed by atoms with van der Waals surface area (Å²) in [6, 6.07) is 5.26. The summed E-state index contributed by atoms with van der Waals surface area (Å²) in [7, 11) is 0. The molecule has 0 aliphatic carbocycles. The largest absolute Gasteiger partial charge is 0.396 e. The Labute approximate surface area is 118 Å². The number of rotatable bonds is 8. The van der Waals surface area contributed by atoms with Crippen LogP contribution in [0.2, 0.25) is 0 Å². The topological polar surface area (TPSA) is 105 Å². The third-order valence-electron chi connectivity index (χ3n) is 3.13. The maximum Gasteiger partial charge on any atom is 0.293 e. The molecule has 4 N–H and O–H groups in total. The summed E-state index contributed by atoms with van der Waals surface area (Å²) < 4.78 is 0. The van der Waals surface area contributed by atoms with Gasteiger partial charge >= 0.3 is 0 Å². The molecular formula is C13H22N4O3. The van der Waals surface area contributed by atoms with Gasteiger partial charge in [-0.05, 0) is 31.9 Å². The summed E-state index contributed by atoms with van der Waals surface area (Å²) in [5.41, 5.74) is 3.44. The number of nitro benzene ring substituents is 1. The van der Waals surface area contributed by atoms with Gasteiger partial charge < -0.3 is 10.5 Å². The Morgan fingerprint density at radius 1 is 1.50 bits per heavy atom. The number of aliphatic hydroxyl groups is 1. The number of benzene rings is 1. The minimum atomic E-state index is -0.452. The van der Waals surface area contributed by atoms with Crippen LogP contribution in [0.1, 0.15) is 25.8 Å². The molecule has 7 heteroatoms. The van der Waals surface area contributed by atoms with Gasteiger partial charge in [-0.25, -0.2) is 0 Å². The van der Waals surface area contributed by atoms with E-state index in [0.29, 0.717) is 24.7 Å². The van der Waals surface area contributed by atoms with E-state index in [9.17, 15) is 10.1 Å². The number of aliphatic hydroxyl groups excluding tert-OH is 1. The summed E-state index contributed by atoms with van der Waals surface area (Å²) >= 11 is 0. The second-order valence-electron chi connectivity index (χ2n) is 4.89. The first-order valence-electron chi connectivity index (χ1n) is 6.58. The van der Waals surface area contributed by atoms with Gasteiger partial charge in [0.1, 0.15) is 5.69 Å². The first-order valence-corrected chi connectivity index (χ1v) is 6.58. The number of nitrogens with one attached hydrogen (secondary N) is 1. The normalized spacial score (nSPS) is 11.1. The highest BCUT2D eigenvalue weighted by molar-refractivity contribution is 5.61.